The van der Waals surface area contributed by atoms with Gasteiger partial charge >= 0.3 is 0 Å². The van der Waals surface area contributed by atoms with Gasteiger partial charge in [-0.3, -0.25) is 4.79 Å². The third-order valence-corrected chi connectivity index (χ3v) is 4.80. The van der Waals surface area contributed by atoms with Crippen molar-refractivity contribution in [3.8, 4) is 0 Å². The van der Waals surface area contributed by atoms with E-state index in [1.165, 1.54) is 0 Å². The van der Waals surface area contributed by atoms with Crippen LogP contribution in [0.4, 0.5) is 0 Å². The molecule has 1 N–H and O–H groups in total. The summed E-state index contributed by atoms with van der Waals surface area (Å²) in [6.45, 7) is 7.52. The first kappa shape index (κ1) is 14.5. The molecule has 1 amide bonds. The topological polar surface area (TPSA) is 53.4 Å². The summed E-state index contributed by atoms with van der Waals surface area (Å²) in [6, 6.07) is 0. The summed E-state index contributed by atoms with van der Waals surface area (Å²) in [4.78, 5) is 18.6. The smallest absolute Gasteiger partial charge is 0.228 e. The molecular formula is C14H22N2O2S. The van der Waals surface area contributed by atoms with Crippen molar-refractivity contribution in [3.05, 3.63) is 16.1 Å². The third kappa shape index (κ3) is 3.54. The number of amides is 1. The van der Waals surface area contributed by atoms with Crippen LogP contribution in [-0.4, -0.2) is 40.1 Å². The lowest BCUT2D eigenvalue weighted by Crippen LogP contribution is -2.45. The Bertz CT molecular complexity index is 444. The van der Waals surface area contributed by atoms with Crippen molar-refractivity contribution in [1.82, 2.24) is 9.88 Å². The number of piperidine rings is 1. The maximum absolute atomic E-state index is 12.2. The normalized spacial score (nSPS) is 23.9. The fraction of sp³-hybridized carbons (Fsp3) is 0.714. The highest BCUT2D eigenvalue weighted by Crippen LogP contribution is 2.21. The number of hydrogen-bond acceptors (Lipinski definition) is 4. The molecule has 5 heteroatoms. The molecular weight excluding hydrogens is 260 g/mol. The van der Waals surface area contributed by atoms with Crippen LogP contribution in [0.2, 0.25) is 0 Å². The second-order valence-electron chi connectivity index (χ2n) is 5.68. The number of hydrogen-bond donors (Lipinski definition) is 1. The maximum atomic E-state index is 12.2. The van der Waals surface area contributed by atoms with Gasteiger partial charge in [0.15, 0.2) is 0 Å². The van der Waals surface area contributed by atoms with E-state index in [4.69, 9.17) is 0 Å². The zero-order valence-corrected chi connectivity index (χ0v) is 12.6. The Balaban J connectivity index is 1.93. The molecule has 1 aliphatic heterocycles. The number of aromatic nitrogens is 1. The quantitative estimate of drug-likeness (QED) is 0.923. The van der Waals surface area contributed by atoms with E-state index in [2.05, 4.69) is 18.8 Å². The van der Waals surface area contributed by atoms with Crippen LogP contribution in [0.15, 0.2) is 5.38 Å². The zero-order chi connectivity index (χ0) is 14.0. The van der Waals surface area contributed by atoms with Crippen molar-refractivity contribution in [1.29, 1.82) is 0 Å². The summed E-state index contributed by atoms with van der Waals surface area (Å²) < 4.78 is 0. The number of aliphatic hydroxyl groups is 1. The van der Waals surface area contributed by atoms with E-state index in [1.54, 1.807) is 11.3 Å². The summed E-state index contributed by atoms with van der Waals surface area (Å²) in [7, 11) is 0. The van der Waals surface area contributed by atoms with Crippen molar-refractivity contribution >= 4 is 17.2 Å². The maximum Gasteiger partial charge on any atom is 0.228 e. The van der Waals surface area contributed by atoms with Gasteiger partial charge in [-0.25, -0.2) is 4.98 Å². The first-order chi connectivity index (χ1) is 8.97. The minimum Gasteiger partial charge on any atom is -0.393 e. The zero-order valence-electron chi connectivity index (χ0n) is 11.8. The molecule has 1 fully saturated rings. The number of likely N-dealkylation sites (tertiary alicyclic amines) is 1. The average Bonchev–Trinajstić information content (AvgIpc) is 2.81. The number of nitrogens with zero attached hydrogens (tertiary/aromatic N) is 2. The monoisotopic (exact) mass is 282 g/mol. The molecule has 0 bridgehead atoms. The van der Waals surface area contributed by atoms with Crippen molar-refractivity contribution < 1.29 is 9.90 Å². The molecule has 19 heavy (non-hydrogen) atoms. The predicted molar refractivity (Wildman–Crippen MR) is 76.3 cm³/mol. The van der Waals surface area contributed by atoms with Gasteiger partial charge in [0.05, 0.1) is 23.2 Å². The Morgan fingerprint density at radius 2 is 2.37 bits per heavy atom. The van der Waals surface area contributed by atoms with Crippen molar-refractivity contribution in [2.75, 3.05) is 13.1 Å². The Morgan fingerprint density at radius 1 is 1.63 bits per heavy atom. The van der Waals surface area contributed by atoms with Gasteiger partial charge in [0.1, 0.15) is 0 Å². The predicted octanol–water partition coefficient (Wildman–Crippen LogP) is 2.04. The van der Waals surface area contributed by atoms with Gasteiger partial charge in [-0.2, -0.15) is 0 Å². The van der Waals surface area contributed by atoms with Crippen molar-refractivity contribution in [3.63, 3.8) is 0 Å². The Labute approximate surface area is 118 Å². The molecule has 0 radical (unpaired) electrons. The molecule has 0 aliphatic carbocycles. The van der Waals surface area contributed by atoms with Gasteiger partial charge in [-0.15, -0.1) is 11.3 Å². The van der Waals surface area contributed by atoms with E-state index >= 15 is 0 Å². The summed E-state index contributed by atoms with van der Waals surface area (Å²) in [6.07, 6.45) is 0.795. The highest BCUT2D eigenvalue weighted by molar-refractivity contribution is 7.09. The van der Waals surface area contributed by atoms with Gasteiger partial charge in [0, 0.05) is 24.4 Å². The molecule has 1 aromatic heterocycles. The fourth-order valence-corrected chi connectivity index (χ4v) is 3.13. The number of rotatable bonds is 3. The van der Waals surface area contributed by atoms with E-state index in [0.29, 0.717) is 31.8 Å². The molecule has 1 aromatic rings. The minimum atomic E-state index is -0.268. The molecule has 1 aliphatic rings. The van der Waals surface area contributed by atoms with Gasteiger partial charge in [0.25, 0.3) is 0 Å². The lowest BCUT2D eigenvalue weighted by atomic mass is 9.96. The van der Waals surface area contributed by atoms with Crippen molar-refractivity contribution in [2.45, 2.75) is 45.6 Å². The lowest BCUT2D eigenvalue weighted by Gasteiger charge is -2.34. The van der Waals surface area contributed by atoms with Gasteiger partial charge in [-0.1, -0.05) is 20.8 Å². The molecule has 4 nitrogen and oxygen atoms in total. The second-order valence-corrected chi connectivity index (χ2v) is 6.57. The molecule has 0 spiro atoms. The largest absolute Gasteiger partial charge is 0.393 e. The molecule has 0 aromatic carbocycles. The second kappa shape index (κ2) is 6.01. The van der Waals surface area contributed by atoms with Crippen LogP contribution in [0.1, 0.15) is 43.8 Å². The SMILES string of the molecule is CC(C)c1nc(CC(=O)N2CCC(O)C(C)C2)cs1. The summed E-state index contributed by atoms with van der Waals surface area (Å²) in [5, 5.41) is 12.8. The van der Waals surface area contributed by atoms with E-state index in [9.17, 15) is 9.90 Å². The van der Waals surface area contributed by atoms with Crippen LogP contribution < -0.4 is 0 Å². The first-order valence-corrected chi connectivity index (χ1v) is 7.75. The number of carbonyl (C=O) groups excluding carboxylic acids is 1. The van der Waals surface area contributed by atoms with Crippen LogP contribution in [0.25, 0.3) is 0 Å². The number of thiazole rings is 1. The Kier molecular flexibility index (Phi) is 4.58. The third-order valence-electron chi connectivity index (χ3n) is 3.61. The standard InChI is InChI=1S/C14H22N2O2S/c1-9(2)14-15-11(8-19-14)6-13(18)16-5-4-12(17)10(3)7-16/h8-10,12,17H,4-7H2,1-3H3. The highest BCUT2D eigenvalue weighted by atomic mass is 32.1. The summed E-state index contributed by atoms with van der Waals surface area (Å²) in [5.41, 5.74) is 0.873. The van der Waals surface area contributed by atoms with Crippen LogP contribution in [0.5, 0.6) is 0 Å². The number of carbonyl (C=O) groups is 1. The molecule has 2 heterocycles. The molecule has 2 atom stereocenters. The average molecular weight is 282 g/mol. The van der Waals surface area contributed by atoms with E-state index < -0.39 is 0 Å². The highest BCUT2D eigenvalue weighted by Gasteiger charge is 2.27. The Morgan fingerprint density at radius 3 is 2.95 bits per heavy atom. The van der Waals surface area contributed by atoms with Gasteiger partial charge in [0.2, 0.25) is 5.91 Å². The molecule has 106 valence electrons. The molecule has 1 saturated heterocycles. The summed E-state index contributed by atoms with van der Waals surface area (Å²) >= 11 is 1.63. The van der Waals surface area contributed by atoms with E-state index in [-0.39, 0.29) is 17.9 Å². The lowest BCUT2D eigenvalue weighted by molar-refractivity contribution is -0.134. The van der Waals surface area contributed by atoms with Crippen molar-refractivity contribution in [2.24, 2.45) is 5.92 Å². The van der Waals surface area contributed by atoms with Crippen LogP contribution in [0.3, 0.4) is 0 Å². The van der Waals surface area contributed by atoms with Gasteiger partial charge in [-0.05, 0) is 12.3 Å². The van der Waals surface area contributed by atoms with Gasteiger partial charge < -0.3 is 10.0 Å². The van der Waals surface area contributed by atoms with E-state index in [0.717, 1.165) is 10.7 Å². The van der Waals surface area contributed by atoms with Crippen LogP contribution in [-0.2, 0) is 11.2 Å². The van der Waals surface area contributed by atoms with E-state index in [1.807, 2.05) is 17.2 Å². The molecule has 0 saturated carbocycles. The first-order valence-electron chi connectivity index (χ1n) is 6.87. The minimum absolute atomic E-state index is 0.124. The molecule has 2 rings (SSSR count). The fourth-order valence-electron chi connectivity index (χ4n) is 2.30. The molecule has 2 unspecified atom stereocenters. The Hall–Kier alpha value is -0.940. The number of aliphatic hydroxyl groups excluding tert-OH is 1. The van der Waals surface area contributed by atoms with Crippen LogP contribution in [0, 0.1) is 5.92 Å². The summed E-state index contributed by atoms with van der Waals surface area (Å²) in [5.74, 6) is 0.706. The van der Waals surface area contributed by atoms with Crippen LogP contribution >= 0.6 is 11.3 Å².